The number of nitrogens with zero attached hydrogens (tertiary/aromatic N) is 4. The zero-order valence-corrected chi connectivity index (χ0v) is 11.4. The Balaban J connectivity index is 2.20. The molecule has 0 radical (unpaired) electrons. The van der Waals surface area contributed by atoms with E-state index in [1.165, 1.54) is 0 Å². The molecule has 1 aliphatic heterocycles. The predicted molar refractivity (Wildman–Crippen MR) is 70.8 cm³/mol. The third kappa shape index (κ3) is 3.07. The van der Waals surface area contributed by atoms with Gasteiger partial charge in [-0.3, -0.25) is 0 Å². The molecule has 2 heterocycles. The normalized spacial score (nSPS) is 17.8. The Labute approximate surface area is 108 Å². The molecule has 5 heteroatoms. The van der Waals surface area contributed by atoms with Crippen molar-refractivity contribution in [3.05, 3.63) is 17.0 Å². The standard InChI is InChI=1S/C12H19ClN4/c1-9(2)12-14-10(13)8-11(15-12)17-6-4-16(3)5-7-17/h8-9H,4-7H2,1-3H3. The van der Waals surface area contributed by atoms with Gasteiger partial charge < -0.3 is 9.80 Å². The lowest BCUT2D eigenvalue weighted by Crippen LogP contribution is -2.44. The minimum absolute atomic E-state index is 0.305. The van der Waals surface area contributed by atoms with Gasteiger partial charge in [0.05, 0.1) is 0 Å². The van der Waals surface area contributed by atoms with Gasteiger partial charge in [0.1, 0.15) is 16.8 Å². The number of likely N-dealkylation sites (N-methyl/N-ethyl adjacent to an activating group) is 1. The summed E-state index contributed by atoms with van der Waals surface area (Å²) in [6, 6.07) is 1.86. The summed E-state index contributed by atoms with van der Waals surface area (Å²) in [6.45, 7) is 8.30. The van der Waals surface area contributed by atoms with Crippen LogP contribution in [-0.4, -0.2) is 48.1 Å². The summed E-state index contributed by atoms with van der Waals surface area (Å²) in [5.74, 6) is 2.09. The van der Waals surface area contributed by atoms with E-state index in [-0.39, 0.29) is 0 Å². The van der Waals surface area contributed by atoms with E-state index in [1.807, 2.05) is 6.07 Å². The van der Waals surface area contributed by atoms with E-state index in [1.54, 1.807) is 0 Å². The molecule has 2 rings (SSSR count). The smallest absolute Gasteiger partial charge is 0.135 e. The van der Waals surface area contributed by atoms with E-state index in [9.17, 15) is 0 Å². The highest BCUT2D eigenvalue weighted by Gasteiger charge is 2.17. The van der Waals surface area contributed by atoms with Gasteiger partial charge in [-0.05, 0) is 7.05 Å². The molecule has 0 spiro atoms. The van der Waals surface area contributed by atoms with Gasteiger partial charge in [-0.25, -0.2) is 9.97 Å². The van der Waals surface area contributed by atoms with Crippen LogP contribution in [0.4, 0.5) is 5.82 Å². The second-order valence-electron chi connectivity index (χ2n) is 4.85. The zero-order valence-electron chi connectivity index (χ0n) is 10.6. The van der Waals surface area contributed by atoms with E-state index < -0.39 is 0 Å². The summed E-state index contributed by atoms with van der Waals surface area (Å²) in [5, 5.41) is 0.539. The van der Waals surface area contributed by atoms with Crippen molar-refractivity contribution in [3.8, 4) is 0 Å². The molecule has 0 aliphatic carbocycles. The van der Waals surface area contributed by atoms with Crippen LogP contribution in [0.1, 0.15) is 25.6 Å². The van der Waals surface area contributed by atoms with Crippen molar-refractivity contribution in [1.29, 1.82) is 0 Å². The van der Waals surface area contributed by atoms with Crippen LogP contribution in [0, 0.1) is 0 Å². The number of rotatable bonds is 2. The van der Waals surface area contributed by atoms with Gasteiger partial charge in [-0.1, -0.05) is 25.4 Å². The van der Waals surface area contributed by atoms with Crippen molar-refractivity contribution in [2.45, 2.75) is 19.8 Å². The van der Waals surface area contributed by atoms with Gasteiger partial charge in [-0.2, -0.15) is 0 Å². The van der Waals surface area contributed by atoms with Gasteiger partial charge in [0.15, 0.2) is 0 Å². The summed E-state index contributed by atoms with van der Waals surface area (Å²) in [5.41, 5.74) is 0. The van der Waals surface area contributed by atoms with Crippen LogP contribution in [0.15, 0.2) is 6.07 Å². The molecular weight excluding hydrogens is 236 g/mol. The Bertz CT molecular complexity index is 386. The maximum atomic E-state index is 6.05. The van der Waals surface area contributed by atoms with Crippen molar-refractivity contribution in [1.82, 2.24) is 14.9 Å². The molecule has 4 nitrogen and oxygen atoms in total. The molecule has 0 bridgehead atoms. The quantitative estimate of drug-likeness (QED) is 0.756. The van der Waals surface area contributed by atoms with E-state index in [2.05, 4.69) is 40.7 Å². The molecule has 0 saturated carbocycles. The number of piperazine rings is 1. The van der Waals surface area contributed by atoms with E-state index in [4.69, 9.17) is 11.6 Å². The number of halogens is 1. The van der Waals surface area contributed by atoms with E-state index in [0.29, 0.717) is 11.1 Å². The van der Waals surface area contributed by atoms with Crippen LogP contribution in [-0.2, 0) is 0 Å². The fraction of sp³-hybridized carbons (Fsp3) is 0.667. The third-order valence-corrected chi connectivity index (χ3v) is 3.24. The molecular formula is C12H19ClN4. The van der Waals surface area contributed by atoms with Crippen LogP contribution >= 0.6 is 11.6 Å². The van der Waals surface area contributed by atoms with Gasteiger partial charge in [0.25, 0.3) is 0 Å². The zero-order chi connectivity index (χ0) is 12.4. The Morgan fingerprint density at radius 2 is 1.82 bits per heavy atom. The highest BCUT2D eigenvalue weighted by atomic mass is 35.5. The molecule has 0 aromatic carbocycles. The first kappa shape index (κ1) is 12.6. The Kier molecular flexibility index (Phi) is 3.84. The Hall–Kier alpha value is -0.870. The third-order valence-electron chi connectivity index (χ3n) is 3.04. The first-order chi connectivity index (χ1) is 8.06. The van der Waals surface area contributed by atoms with Crippen LogP contribution in [0.25, 0.3) is 0 Å². The molecule has 0 N–H and O–H groups in total. The number of hydrogen-bond acceptors (Lipinski definition) is 4. The molecule has 0 atom stereocenters. The first-order valence-electron chi connectivity index (χ1n) is 6.04. The molecule has 0 unspecified atom stereocenters. The summed E-state index contributed by atoms with van der Waals surface area (Å²) in [7, 11) is 2.14. The molecule has 0 amide bonds. The summed E-state index contributed by atoms with van der Waals surface area (Å²) in [4.78, 5) is 13.5. The molecule has 1 saturated heterocycles. The van der Waals surface area contributed by atoms with Crippen molar-refractivity contribution in [2.75, 3.05) is 38.1 Å². The SMILES string of the molecule is CC(C)c1nc(Cl)cc(N2CCN(C)CC2)n1. The van der Waals surface area contributed by atoms with Crippen LogP contribution in [0.2, 0.25) is 5.15 Å². The van der Waals surface area contributed by atoms with Crippen molar-refractivity contribution < 1.29 is 0 Å². The summed E-state index contributed by atoms with van der Waals surface area (Å²) >= 11 is 6.05. The highest BCUT2D eigenvalue weighted by Crippen LogP contribution is 2.20. The Morgan fingerprint density at radius 3 is 2.41 bits per heavy atom. The Morgan fingerprint density at radius 1 is 1.18 bits per heavy atom. The number of hydrogen-bond donors (Lipinski definition) is 0. The van der Waals surface area contributed by atoms with Crippen molar-refractivity contribution in [2.24, 2.45) is 0 Å². The molecule has 1 fully saturated rings. The van der Waals surface area contributed by atoms with Crippen molar-refractivity contribution >= 4 is 17.4 Å². The molecule has 94 valence electrons. The fourth-order valence-corrected chi connectivity index (χ4v) is 2.06. The van der Waals surface area contributed by atoms with Crippen LogP contribution in [0.5, 0.6) is 0 Å². The van der Waals surface area contributed by atoms with Gasteiger partial charge in [-0.15, -0.1) is 0 Å². The molecule has 1 aromatic heterocycles. The molecule has 1 aliphatic rings. The largest absolute Gasteiger partial charge is 0.354 e. The fourth-order valence-electron chi connectivity index (χ4n) is 1.88. The lowest BCUT2D eigenvalue weighted by Gasteiger charge is -2.33. The second kappa shape index (κ2) is 5.19. The van der Waals surface area contributed by atoms with Crippen molar-refractivity contribution in [3.63, 3.8) is 0 Å². The average molecular weight is 255 g/mol. The lowest BCUT2D eigenvalue weighted by molar-refractivity contribution is 0.312. The summed E-state index contributed by atoms with van der Waals surface area (Å²) < 4.78 is 0. The maximum Gasteiger partial charge on any atom is 0.135 e. The highest BCUT2D eigenvalue weighted by molar-refractivity contribution is 6.29. The van der Waals surface area contributed by atoms with E-state index in [0.717, 1.165) is 37.8 Å². The minimum Gasteiger partial charge on any atom is -0.354 e. The molecule has 1 aromatic rings. The maximum absolute atomic E-state index is 6.05. The molecule has 17 heavy (non-hydrogen) atoms. The lowest BCUT2D eigenvalue weighted by atomic mass is 10.2. The first-order valence-corrected chi connectivity index (χ1v) is 6.42. The second-order valence-corrected chi connectivity index (χ2v) is 5.24. The topological polar surface area (TPSA) is 32.3 Å². The number of aromatic nitrogens is 2. The number of anilines is 1. The van der Waals surface area contributed by atoms with E-state index >= 15 is 0 Å². The van der Waals surface area contributed by atoms with Gasteiger partial charge >= 0.3 is 0 Å². The predicted octanol–water partition coefficient (Wildman–Crippen LogP) is 2.01. The van der Waals surface area contributed by atoms with Crippen LogP contribution < -0.4 is 4.90 Å². The van der Waals surface area contributed by atoms with Crippen LogP contribution in [0.3, 0.4) is 0 Å². The summed E-state index contributed by atoms with van der Waals surface area (Å²) in [6.07, 6.45) is 0. The monoisotopic (exact) mass is 254 g/mol. The van der Waals surface area contributed by atoms with Gasteiger partial charge in [0, 0.05) is 38.2 Å². The minimum atomic E-state index is 0.305. The average Bonchev–Trinajstić information content (AvgIpc) is 2.29. The van der Waals surface area contributed by atoms with Gasteiger partial charge in [0.2, 0.25) is 0 Å².